The fourth-order valence-electron chi connectivity index (χ4n) is 4.77. The van der Waals surface area contributed by atoms with E-state index in [9.17, 15) is 23.7 Å². The van der Waals surface area contributed by atoms with E-state index < -0.39 is 23.1 Å². The van der Waals surface area contributed by atoms with Crippen LogP contribution in [0.15, 0.2) is 53.9 Å². The molecule has 34 heavy (non-hydrogen) atoms. The molecule has 3 aromatic rings. The molecule has 2 aromatic carbocycles. The summed E-state index contributed by atoms with van der Waals surface area (Å²) >= 11 is 0. The van der Waals surface area contributed by atoms with E-state index in [-0.39, 0.29) is 34.0 Å². The molecule has 0 fully saturated rings. The van der Waals surface area contributed by atoms with Crippen molar-refractivity contribution in [2.75, 3.05) is 0 Å². The number of allylic oxidation sites excluding steroid dienone is 1. The van der Waals surface area contributed by atoms with Crippen LogP contribution in [0.1, 0.15) is 41.8 Å². The summed E-state index contributed by atoms with van der Waals surface area (Å²) in [5, 5.41) is 26.6. The molecule has 6 nitrogen and oxygen atoms in total. The number of nitrogens with one attached hydrogen (secondary N) is 1. The molecule has 0 spiro atoms. The van der Waals surface area contributed by atoms with Gasteiger partial charge in [0.2, 0.25) is 11.8 Å². The van der Waals surface area contributed by atoms with E-state index in [0.717, 1.165) is 12.1 Å². The lowest BCUT2D eigenvalue weighted by Crippen LogP contribution is -2.41. The van der Waals surface area contributed by atoms with E-state index in [0.29, 0.717) is 16.8 Å². The van der Waals surface area contributed by atoms with Gasteiger partial charge in [0.05, 0.1) is 28.2 Å². The number of H-pyrrole nitrogens is 1. The van der Waals surface area contributed by atoms with Crippen LogP contribution in [0.3, 0.4) is 0 Å². The highest BCUT2D eigenvalue weighted by Gasteiger charge is 2.51. The first-order chi connectivity index (χ1) is 16.0. The third-order valence-electron chi connectivity index (χ3n) is 6.21. The van der Waals surface area contributed by atoms with Crippen molar-refractivity contribution in [3.63, 3.8) is 0 Å². The van der Waals surface area contributed by atoms with Crippen LogP contribution in [0.2, 0.25) is 0 Å². The van der Waals surface area contributed by atoms with E-state index in [1.807, 2.05) is 6.07 Å². The summed E-state index contributed by atoms with van der Waals surface area (Å²) < 4.78 is 47.9. The molecular formula is C25H20F3N5O. The predicted molar refractivity (Wildman–Crippen MR) is 118 cm³/mol. The number of fused-ring (bicyclic) bond motifs is 1. The molecular weight excluding hydrogens is 443 g/mol. The Morgan fingerprint density at radius 1 is 1.12 bits per heavy atom. The van der Waals surface area contributed by atoms with Crippen molar-refractivity contribution in [2.24, 2.45) is 11.7 Å². The van der Waals surface area contributed by atoms with Crippen LogP contribution in [-0.4, -0.2) is 10.2 Å². The van der Waals surface area contributed by atoms with Gasteiger partial charge in [-0.15, -0.1) is 5.10 Å². The molecule has 0 radical (unpaired) electrons. The smallest absolute Gasteiger partial charge is 0.416 e. The number of aryl methyl sites for hydroxylation is 1. The number of benzene rings is 2. The van der Waals surface area contributed by atoms with Crippen molar-refractivity contribution in [3.05, 3.63) is 81.9 Å². The zero-order chi connectivity index (χ0) is 24.8. The standard InChI is InChI=1S/C25H20F3N5O/c1-13(2)24(20(12-30)22(31)34-23-21(24)14(3)32-33-23)17-8-16(9-18(10-17)25(26,27)28)19-7-5-4-6-15(19)11-29/h4-10,13H,31H2,1-3H3,(H,32,33)/t24-/m0/s1. The van der Waals surface area contributed by atoms with Crippen molar-refractivity contribution in [1.82, 2.24) is 10.2 Å². The number of hydrogen-bond donors (Lipinski definition) is 2. The molecule has 1 aromatic heterocycles. The number of alkyl halides is 3. The lowest BCUT2D eigenvalue weighted by atomic mass is 9.61. The molecule has 2 heterocycles. The molecule has 1 aliphatic heterocycles. The Balaban J connectivity index is 2.17. The van der Waals surface area contributed by atoms with Gasteiger partial charge < -0.3 is 10.5 Å². The Morgan fingerprint density at radius 2 is 1.82 bits per heavy atom. The van der Waals surface area contributed by atoms with Crippen LogP contribution in [0.25, 0.3) is 11.1 Å². The molecule has 1 aliphatic rings. The molecule has 0 amide bonds. The summed E-state index contributed by atoms with van der Waals surface area (Å²) in [5.41, 5.74) is 5.80. The molecule has 0 saturated carbocycles. The quantitative estimate of drug-likeness (QED) is 0.547. The highest BCUT2D eigenvalue weighted by molar-refractivity contribution is 5.74. The van der Waals surface area contributed by atoms with Crippen LogP contribution in [0.4, 0.5) is 13.2 Å². The minimum Gasteiger partial charge on any atom is -0.420 e. The first-order valence-corrected chi connectivity index (χ1v) is 10.4. The van der Waals surface area contributed by atoms with Gasteiger partial charge in [-0.2, -0.15) is 23.7 Å². The topological polar surface area (TPSA) is 112 Å². The second kappa shape index (κ2) is 7.96. The van der Waals surface area contributed by atoms with E-state index in [1.54, 1.807) is 51.1 Å². The number of rotatable bonds is 3. The molecule has 9 heteroatoms. The Hall–Kier alpha value is -4.24. The summed E-state index contributed by atoms with van der Waals surface area (Å²) in [7, 11) is 0. The number of nitrogens with zero attached hydrogens (tertiary/aromatic N) is 3. The molecule has 172 valence electrons. The zero-order valence-electron chi connectivity index (χ0n) is 18.6. The molecule has 3 N–H and O–H groups in total. The molecule has 0 bridgehead atoms. The van der Waals surface area contributed by atoms with E-state index in [4.69, 9.17) is 10.5 Å². The maximum absolute atomic E-state index is 14.1. The lowest BCUT2D eigenvalue weighted by Gasteiger charge is -2.41. The van der Waals surface area contributed by atoms with Crippen molar-refractivity contribution in [3.8, 4) is 29.1 Å². The Kier molecular flexibility index (Phi) is 5.37. The summed E-state index contributed by atoms with van der Waals surface area (Å²) in [6.45, 7) is 5.31. The summed E-state index contributed by atoms with van der Waals surface area (Å²) in [4.78, 5) is 0. The van der Waals surface area contributed by atoms with Crippen LogP contribution < -0.4 is 10.5 Å². The average Bonchev–Trinajstić information content (AvgIpc) is 3.17. The maximum atomic E-state index is 14.1. The lowest BCUT2D eigenvalue weighted by molar-refractivity contribution is -0.137. The van der Waals surface area contributed by atoms with Gasteiger partial charge in [-0.05, 0) is 53.8 Å². The molecule has 0 aliphatic carbocycles. The predicted octanol–water partition coefficient (Wildman–Crippen LogP) is 5.30. The fourth-order valence-corrected chi connectivity index (χ4v) is 4.77. The van der Waals surface area contributed by atoms with Gasteiger partial charge in [0.1, 0.15) is 11.6 Å². The van der Waals surface area contributed by atoms with Crippen LogP contribution >= 0.6 is 0 Å². The van der Waals surface area contributed by atoms with Crippen molar-refractivity contribution in [1.29, 1.82) is 10.5 Å². The van der Waals surface area contributed by atoms with E-state index >= 15 is 0 Å². The number of ether oxygens (including phenoxy) is 1. The minimum absolute atomic E-state index is 0.00153. The fraction of sp³-hybridized carbons (Fsp3) is 0.240. The number of halogens is 3. The first kappa shape index (κ1) is 22.9. The number of aromatic amines is 1. The summed E-state index contributed by atoms with van der Waals surface area (Å²) in [6.07, 6.45) is -4.67. The Labute approximate surface area is 194 Å². The molecule has 0 unspecified atom stereocenters. The van der Waals surface area contributed by atoms with Gasteiger partial charge in [-0.25, -0.2) is 0 Å². The van der Waals surface area contributed by atoms with Gasteiger partial charge in [0.25, 0.3) is 0 Å². The number of aromatic nitrogens is 2. The van der Waals surface area contributed by atoms with Crippen molar-refractivity contribution >= 4 is 0 Å². The summed E-state index contributed by atoms with van der Waals surface area (Å²) in [5.74, 6) is -0.520. The van der Waals surface area contributed by atoms with Gasteiger partial charge >= 0.3 is 6.18 Å². The van der Waals surface area contributed by atoms with E-state index in [1.165, 1.54) is 0 Å². The Bertz CT molecular complexity index is 1410. The summed E-state index contributed by atoms with van der Waals surface area (Å²) in [6, 6.07) is 14.2. The molecule has 0 saturated heterocycles. The second-order valence-corrected chi connectivity index (χ2v) is 8.40. The van der Waals surface area contributed by atoms with Gasteiger partial charge in [-0.3, -0.25) is 5.10 Å². The third-order valence-corrected chi connectivity index (χ3v) is 6.21. The number of nitrogens with two attached hydrogens (primary N) is 1. The van der Waals surface area contributed by atoms with Gasteiger partial charge in [0, 0.05) is 5.69 Å². The van der Waals surface area contributed by atoms with E-state index in [2.05, 4.69) is 16.3 Å². The van der Waals surface area contributed by atoms with Crippen molar-refractivity contribution < 1.29 is 17.9 Å². The molecule has 1 atom stereocenters. The highest BCUT2D eigenvalue weighted by Crippen LogP contribution is 2.53. The Morgan fingerprint density at radius 3 is 2.44 bits per heavy atom. The minimum atomic E-state index is -4.67. The first-order valence-electron chi connectivity index (χ1n) is 10.4. The highest BCUT2D eigenvalue weighted by atomic mass is 19.4. The van der Waals surface area contributed by atoms with Crippen LogP contribution in [0, 0.1) is 35.5 Å². The second-order valence-electron chi connectivity index (χ2n) is 8.40. The van der Waals surface area contributed by atoms with Gasteiger partial charge in [-0.1, -0.05) is 32.0 Å². The number of nitriles is 2. The largest absolute Gasteiger partial charge is 0.420 e. The monoisotopic (exact) mass is 463 g/mol. The normalized spacial score (nSPS) is 17.7. The third kappa shape index (κ3) is 3.29. The SMILES string of the molecule is Cc1[nH]nc2c1[C@](c1cc(-c3ccccc3C#N)cc(C(F)(F)F)c1)(C(C)C)C(C#N)=C(N)O2. The van der Waals surface area contributed by atoms with Crippen LogP contribution in [0.5, 0.6) is 5.88 Å². The van der Waals surface area contributed by atoms with Gasteiger partial charge in [0.15, 0.2) is 0 Å². The average molecular weight is 463 g/mol. The number of hydrogen-bond acceptors (Lipinski definition) is 5. The maximum Gasteiger partial charge on any atom is 0.416 e. The van der Waals surface area contributed by atoms with Crippen molar-refractivity contribution in [2.45, 2.75) is 32.4 Å². The van der Waals surface area contributed by atoms with Crippen LogP contribution in [-0.2, 0) is 11.6 Å². The zero-order valence-corrected chi connectivity index (χ0v) is 18.6. The molecule has 4 rings (SSSR count).